The van der Waals surface area contributed by atoms with E-state index in [2.05, 4.69) is 36.5 Å². The fraction of sp³-hybridized carbons (Fsp3) is 0.571. The van der Waals surface area contributed by atoms with Crippen molar-refractivity contribution in [2.24, 2.45) is 11.7 Å². The zero-order valence-electron chi connectivity index (χ0n) is 10.1. The van der Waals surface area contributed by atoms with E-state index >= 15 is 0 Å². The first-order valence-corrected chi connectivity index (χ1v) is 6.31. The summed E-state index contributed by atoms with van der Waals surface area (Å²) in [4.78, 5) is 0. The monoisotopic (exact) mass is 218 g/mol. The van der Waals surface area contributed by atoms with E-state index in [-0.39, 0.29) is 0 Å². The average Bonchev–Trinajstić information content (AvgIpc) is 2.30. The molecule has 1 aliphatic rings. The van der Waals surface area contributed by atoms with Crippen LogP contribution in [0.4, 0.5) is 5.69 Å². The van der Waals surface area contributed by atoms with Crippen LogP contribution in [-0.2, 0) is 0 Å². The third kappa shape index (κ3) is 2.99. The van der Waals surface area contributed by atoms with Crippen LogP contribution < -0.4 is 11.1 Å². The van der Waals surface area contributed by atoms with Gasteiger partial charge in [-0.05, 0) is 50.2 Å². The van der Waals surface area contributed by atoms with Gasteiger partial charge in [-0.2, -0.15) is 0 Å². The second kappa shape index (κ2) is 5.35. The van der Waals surface area contributed by atoms with Crippen LogP contribution in [0.25, 0.3) is 0 Å². The van der Waals surface area contributed by atoms with Gasteiger partial charge in [-0.25, -0.2) is 0 Å². The first-order chi connectivity index (χ1) is 7.75. The molecule has 0 amide bonds. The van der Waals surface area contributed by atoms with Crippen molar-refractivity contribution in [2.45, 2.75) is 38.6 Å². The van der Waals surface area contributed by atoms with Gasteiger partial charge in [0.25, 0.3) is 0 Å². The van der Waals surface area contributed by atoms with Gasteiger partial charge in [-0.15, -0.1) is 0 Å². The van der Waals surface area contributed by atoms with Gasteiger partial charge in [0.15, 0.2) is 0 Å². The van der Waals surface area contributed by atoms with E-state index in [0.717, 1.165) is 12.5 Å². The Morgan fingerprint density at radius 2 is 1.88 bits per heavy atom. The van der Waals surface area contributed by atoms with Crippen molar-refractivity contribution >= 4 is 5.69 Å². The number of aryl methyl sites for hydroxylation is 1. The van der Waals surface area contributed by atoms with Crippen LogP contribution in [0.15, 0.2) is 24.3 Å². The van der Waals surface area contributed by atoms with Crippen molar-refractivity contribution in [3.63, 3.8) is 0 Å². The first kappa shape index (κ1) is 11.5. The van der Waals surface area contributed by atoms with Gasteiger partial charge in [0.05, 0.1) is 0 Å². The van der Waals surface area contributed by atoms with Crippen LogP contribution in [0, 0.1) is 12.8 Å². The van der Waals surface area contributed by atoms with Gasteiger partial charge in [0.1, 0.15) is 0 Å². The predicted octanol–water partition coefficient (Wildman–Crippen LogP) is 2.92. The highest BCUT2D eigenvalue weighted by molar-refractivity contribution is 5.50. The molecule has 1 aromatic rings. The molecular formula is C14H22N2. The lowest BCUT2D eigenvalue weighted by Crippen LogP contribution is -2.29. The maximum absolute atomic E-state index is 5.91. The van der Waals surface area contributed by atoms with Gasteiger partial charge < -0.3 is 11.1 Å². The fourth-order valence-electron chi connectivity index (χ4n) is 2.42. The molecular weight excluding hydrogens is 196 g/mol. The number of hydrogen-bond donors (Lipinski definition) is 2. The lowest BCUT2D eigenvalue weighted by atomic mass is 9.86. The Bertz CT molecular complexity index is 327. The highest BCUT2D eigenvalue weighted by atomic mass is 14.9. The van der Waals surface area contributed by atoms with Crippen molar-refractivity contribution in [3.05, 3.63) is 29.8 Å². The van der Waals surface area contributed by atoms with Crippen LogP contribution in [0.3, 0.4) is 0 Å². The molecule has 16 heavy (non-hydrogen) atoms. The van der Waals surface area contributed by atoms with Crippen molar-refractivity contribution in [1.82, 2.24) is 0 Å². The minimum absolute atomic E-state index is 0.453. The highest BCUT2D eigenvalue weighted by Crippen LogP contribution is 2.24. The van der Waals surface area contributed by atoms with Crippen LogP contribution >= 0.6 is 0 Å². The Labute approximate surface area is 98.2 Å². The zero-order valence-corrected chi connectivity index (χ0v) is 10.1. The smallest absolute Gasteiger partial charge is 0.0369 e. The summed E-state index contributed by atoms with van der Waals surface area (Å²) in [5, 5.41) is 3.56. The second-order valence-electron chi connectivity index (χ2n) is 4.98. The summed E-state index contributed by atoms with van der Waals surface area (Å²) in [5.74, 6) is 0.805. The number of nitrogens with one attached hydrogen (secondary N) is 1. The molecule has 0 spiro atoms. The molecule has 2 nitrogen and oxygen atoms in total. The molecule has 0 saturated heterocycles. The molecule has 0 radical (unpaired) electrons. The quantitative estimate of drug-likeness (QED) is 0.818. The largest absolute Gasteiger partial charge is 0.385 e. The minimum Gasteiger partial charge on any atom is -0.385 e. The molecule has 0 unspecified atom stereocenters. The third-order valence-electron chi connectivity index (χ3n) is 3.62. The molecule has 0 atom stereocenters. The van der Waals surface area contributed by atoms with Crippen molar-refractivity contribution in [1.29, 1.82) is 0 Å². The average molecular weight is 218 g/mol. The molecule has 0 aromatic heterocycles. The van der Waals surface area contributed by atoms with Gasteiger partial charge in [-0.3, -0.25) is 0 Å². The lowest BCUT2D eigenvalue weighted by Gasteiger charge is -2.26. The summed E-state index contributed by atoms with van der Waals surface area (Å²) in [7, 11) is 0. The molecule has 0 bridgehead atoms. The van der Waals surface area contributed by atoms with E-state index < -0.39 is 0 Å². The Hall–Kier alpha value is -1.02. The number of hydrogen-bond acceptors (Lipinski definition) is 2. The van der Waals surface area contributed by atoms with Gasteiger partial charge in [0.2, 0.25) is 0 Å². The molecule has 88 valence electrons. The molecule has 2 heteroatoms. The first-order valence-electron chi connectivity index (χ1n) is 6.31. The maximum Gasteiger partial charge on any atom is 0.0369 e. The molecule has 1 aromatic carbocycles. The molecule has 0 aliphatic heterocycles. The van der Waals surface area contributed by atoms with Gasteiger partial charge in [0, 0.05) is 18.3 Å². The zero-order chi connectivity index (χ0) is 11.4. The van der Waals surface area contributed by atoms with Gasteiger partial charge in [-0.1, -0.05) is 18.2 Å². The van der Waals surface area contributed by atoms with Crippen LogP contribution in [0.1, 0.15) is 31.2 Å². The predicted molar refractivity (Wildman–Crippen MR) is 69.6 cm³/mol. The van der Waals surface area contributed by atoms with E-state index in [1.807, 2.05) is 0 Å². The third-order valence-corrected chi connectivity index (χ3v) is 3.62. The Kier molecular flexibility index (Phi) is 3.83. The summed E-state index contributed by atoms with van der Waals surface area (Å²) in [6.07, 6.45) is 4.94. The normalized spacial score (nSPS) is 25.4. The summed E-state index contributed by atoms with van der Waals surface area (Å²) < 4.78 is 0. The maximum atomic E-state index is 5.91. The number of anilines is 1. The second-order valence-corrected chi connectivity index (χ2v) is 4.98. The van der Waals surface area contributed by atoms with Crippen LogP contribution in [0.5, 0.6) is 0 Å². The SMILES string of the molecule is Cc1ccccc1NCC1CCC(N)CC1. The summed E-state index contributed by atoms with van der Waals surface area (Å²) in [6.45, 7) is 3.25. The minimum atomic E-state index is 0.453. The molecule has 1 saturated carbocycles. The standard InChI is InChI=1S/C14H22N2/c1-11-4-2-3-5-14(11)16-10-12-6-8-13(15)9-7-12/h2-5,12-13,16H,6-10,15H2,1H3. The molecule has 2 rings (SSSR count). The van der Waals surface area contributed by atoms with Crippen molar-refractivity contribution < 1.29 is 0 Å². The fourth-order valence-corrected chi connectivity index (χ4v) is 2.42. The Morgan fingerprint density at radius 1 is 1.19 bits per heavy atom. The molecule has 1 aliphatic carbocycles. The van der Waals surface area contributed by atoms with Crippen LogP contribution in [0.2, 0.25) is 0 Å². The van der Waals surface area contributed by atoms with E-state index in [1.165, 1.54) is 36.9 Å². The summed E-state index contributed by atoms with van der Waals surface area (Å²) in [5.41, 5.74) is 8.51. The van der Waals surface area contributed by atoms with E-state index in [4.69, 9.17) is 5.73 Å². The summed E-state index contributed by atoms with van der Waals surface area (Å²) >= 11 is 0. The number of rotatable bonds is 3. The molecule has 1 fully saturated rings. The van der Waals surface area contributed by atoms with Gasteiger partial charge >= 0.3 is 0 Å². The number of nitrogens with two attached hydrogens (primary N) is 1. The number of para-hydroxylation sites is 1. The van der Waals surface area contributed by atoms with E-state index in [0.29, 0.717) is 6.04 Å². The van der Waals surface area contributed by atoms with Crippen LogP contribution in [-0.4, -0.2) is 12.6 Å². The topological polar surface area (TPSA) is 38.0 Å². The number of benzene rings is 1. The van der Waals surface area contributed by atoms with E-state index in [1.54, 1.807) is 0 Å². The lowest BCUT2D eigenvalue weighted by molar-refractivity contribution is 0.339. The van der Waals surface area contributed by atoms with Crippen molar-refractivity contribution in [3.8, 4) is 0 Å². The molecule has 0 heterocycles. The van der Waals surface area contributed by atoms with Crippen molar-refractivity contribution in [2.75, 3.05) is 11.9 Å². The Morgan fingerprint density at radius 3 is 2.56 bits per heavy atom. The Balaban J connectivity index is 1.81. The highest BCUT2D eigenvalue weighted by Gasteiger charge is 2.18. The van der Waals surface area contributed by atoms with E-state index in [9.17, 15) is 0 Å². The summed E-state index contributed by atoms with van der Waals surface area (Å²) in [6, 6.07) is 8.93. The molecule has 3 N–H and O–H groups in total.